The summed E-state index contributed by atoms with van der Waals surface area (Å²) in [5, 5.41) is 12.5. The zero-order valence-electron chi connectivity index (χ0n) is 24.9. The van der Waals surface area contributed by atoms with E-state index in [1.807, 2.05) is 25.1 Å². The molecular weight excluding hydrogens is 563 g/mol. The van der Waals surface area contributed by atoms with Gasteiger partial charge < -0.3 is 34.1 Å². The van der Waals surface area contributed by atoms with Gasteiger partial charge in [-0.2, -0.15) is 9.97 Å². The quantitative estimate of drug-likeness (QED) is 0.272. The molecule has 0 radical (unpaired) electrons. The van der Waals surface area contributed by atoms with Crippen LogP contribution in [0.5, 0.6) is 11.8 Å². The molecule has 2 atom stereocenters. The highest BCUT2D eigenvalue weighted by Crippen LogP contribution is 2.37. The molecule has 44 heavy (non-hydrogen) atoms. The minimum absolute atomic E-state index is 0.135. The first-order valence-electron chi connectivity index (χ1n) is 15.2. The number of carbonyl (C=O) groups excluding carboxylic acids is 1. The number of anilines is 2. The fourth-order valence-corrected chi connectivity index (χ4v) is 6.01. The molecule has 0 bridgehead atoms. The number of hydrogen-bond donors (Lipinski definition) is 1. The van der Waals surface area contributed by atoms with Crippen LogP contribution in [-0.4, -0.2) is 90.1 Å². The van der Waals surface area contributed by atoms with Gasteiger partial charge in [0.2, 0.25) is 12.5 Å². The number of rotatable bonds is 10. The van der Waals surface area contributed by atoms with Crippen LogP contribution in [0.25, 0.3) is 15.6 Å². The molecule has 1 saturated carbocycles. The number of ether oxygens (including phenoxy) is 2. The molecule has 1 aromatic heterocycles. The smallest absolute Gasteiger partial charge is 0.319 e. The number of allylic oxidation sites excluding steroid dienone is 1. The number of halogens is 1. The maximum atomic E-state index is 12.8. The molecule has 0 spiro atoms. The van der Waals surface area contributed by atoms with E-state index in [0.717, 1.165) is 46.4 Å². The van der Waals surface area contributed by atoms with Gasteiger partial charge in [-0.3, -0.25) is 4.79 Å². The van der Waals surface area contributed by atoms with Crippen molar-refractivity contribution < 1.29 is 23.8 Å². The Morgan fingerprint density at radius 2 is 2.05 bits per heavy atom. The van der Waals surface area contributed by atoms with E-state index in [-0.39, 0.29) is 36.4 Å². The lowest BCUT2D eigenvalue weighted by Gasteiger charge is -2.41. The molecule has 1 saturated heterocycles. The normalized spacial score (nSPS) is 19.2. The average Bonchev–Trinajstić information content (AvgIpc) is 3.86. The molecule has 1 amide bonds. The first kappa shape index (κ1) is 29.6. The molecular formula is C33H37FN6O4. The topological polar surface area (TPSA) is 95.6 Å². The molecule has 10 nitrogen and oxygen atoms in total. The van der Waals surface area contributed by atoms with Crippen molar-refractivity contribution in [2.24, 2.45) is 0 Å². The van der Waals surface area contributed by atoms with Crippen LogP contribution in [0.1, 0.15) is 31.0 Å². The highest BCUT2D eigenvalue weighted by atomic mass is 19.1. The number of phenolic OH excluding ortho intramolecular Hbond substituents is 1. The van der Waals surface area contributed by atoms with Gasteiger partial charge in [-0.05, 0) is 43.7 Å². The van der Waals surface area contributed by atoms with Gasteiger partial charge in [-0.1, -0.05) is 24.3 Å². The van der Waals surface area contributed by atoms with E-state index in [1.165, 1.54) is 12.2 Å². The van der Waals surface area contributed by atoms with E-state index in [4.69, 9.17) is 26.0 Å². The van der Waals surface area contributed by atoms with Crippen LogP contribution in [0.2, 0.25) is 0 Å². The maximum absolute atomic E-state index is 12.8. The van der Waals surface area contributed by atoms with E-state index in [2.05, 4.69) is 20.7 Å². The molecule has 2 fully saturated rings. The predicted molar refractivity (Wildman–Crippen MR) is 166 cm³/mol. The number of aromatic hydroxyl groups is 1. The molecule has 1 aliphatic carbocycles. The lowest BCUT2D eigenvalue weighted by molar-refractivity contribution is -0.128. The van der Waals surface area contributed by atoms with Crippen molar-refractivity contribution in [3.05, 3.63) is 71.2 Å². The van der Waals surface area contributed by atoms with Gasteiger partial charge in [0.1, 0.15) is 30.4 Å². The zero-order valence-corrected chi connectivity index (χ0v) is 24.9. The number of aromatic nitrogens is 2. The first-order valence-corrected chi connectivity index (χ1v) is 15.2. The number of fused-ring (bicyclic) bond motifs is 2. The molecule has 2 aliphatic heterocycles. The summed E-state index contributed by atoms with van der Waals surface area (Å²) in [6.07, 6.45) is 5.33. The Bertz CT molecular complexity index is 1590. The van der Waals surface area contributed by atoms with Gasteiger partial charge in [0.05, 0.1) is 24.9 Å². The molecule has 230 valence electrons. The number of alkyl halides is 1. The van der Waals surface area contributed by atoms with Gasteiger partial charge in [-0.25, -0.2) is 11.0 Å². The summed E-state index contributed by atoms with van der Waals surface area (Å²) in [5.74, 6) is 0.672. The van der Waals surface area contributed by atoms with Crippen LogP contribution in [-0.2, 0) is 22.5 Å². The monoisotopic (exact) mass is 600 g/mol. The fourth-order valence-electron chi connectivity index (χ4n) is 6.01. The summed E-state index contributed by atoms with van der Waals surface area (Å²) in [4.78, 5) is 32.1. The Labute approximate surface area is 256 Å². The third kappa shape index (κ3) is 6.55. The standard InChI is InChI=1S/C33H37FN6O4/c1-22(21-43-26-9-10-26)44-33-36-29-20-38(30-17-25(41)16-23-6-3-4-7-27(23)30)13-11-28(29)32(37-33)39-14-15-40(24(19-39)18-35-2)31(42)8-5-12-34/h3-8,16-17,22,24,26,41H,9-15,18-21H2,1H3/b8-5+/t22-,24-/m0/s1. The number of nitrogens with zero attached hydrogens (tertiary/aromatic N) is 6. The number of amides is 1. The largest absolute Gasteiger partial charge is 0.508 e. The second kappa shape index (κ2) is 13.1. The van der Waals surface area contributed by atoms with E-state index >= 15 is 0 Å². The maximum Gasteiger partial charge on any atom is 0.319 e. The third-order valence-electron chi connectivity index (χ3n) is 8.30. The van der Waals surface area contributed by atoms with Crippen molar-refractivity contribution in [2.75, 3.05) is 55.8 Å². The van der Waals surface area contributed by atoms with Crippen molar-refractivity contribution >= 4 is 28.2 Å². The third-order valence-corrected chi connectivity index (χ3v) is 8.30. The summed E-state index contributed by atoms with van der Waals surface area (Å²) >= 11 is 0. The van der Waals surface area contributed by atoms with Crippen molar-refractivity contribution in [2.45, 2.75) is 51.0 Å². The van der Waals surface area contributed by atoms with Crippen LogP contribution in [0.3, 0.4) is 0 Å². The van der Waals surface area contributed by atoms with Gasteiger partial charge in [0, 0.05) is 55.0 Å². The highest BCUT2D eigenvalue weighted by Gasteiger charge is 2.35. The number of benzene rings is 2. The van der Waals surface area contributed by atoms with E-state index < -0.39 is 6.67 Å². The van der Waals surface area contributed by atoms with Crippen LogP contribution in [0, 0.1) is 6.57 Å². The second-order valence-electron chi connectivity index (χ2n) is 11.6. The zero-order chi connectivity index (χ0) is 30.6. The second-order valence-corrected chi connectivity index (χ2v) is 11.6. The lowest BCUT2D eigenvalue weighted by atomic mass is 10.0. The van der Waals surface area contributed by atoms with Gasteiger partial charge in [0.15, 0.2) is 0 Å². The van der Waals surface area contributed by atoms with Gasteiger partial charge in [-0.15, -0.1) is 0 Å². The fraction of sp³-hybridized carbons (Fsp3) is 0.455. The van der Waals surface area contributed by atoms with Gasteiger partial charge >= 0.3 is 6.01 Å². The van der Waals surface area contributed by atoms with Gasteiger partial charge in [0.25, 0.3) is 0 Å². The Morgan fingerprint density at radius 1 is 1.20 bits per heavy atom. The molecule has 11 heteroatoms. The van der Waals surface area contributed by atoms with Crippen molar-refractivity contribution in [1.82, 2.24) is 14.9 Å². The van der Waals surface area contributed by atoms with E-state index in [1.54, 1.807) is 17.0 Å². The summed E-state index contributed by atoms with van der Waals surface area (Å²) in [6, 6.07) is 11.5. The Morgan fingerprint density at radius 3 is 2.84 bits per heavy atom. The molecule has 3 heterocycles. The highest BCUT2D eigenvalue weighted by molar-refractivity contribution is 5.95. The Hall–Kier alpha value is -4.43. The number of piperazine rings is 1. The van der Waals surface area contributed by atoms with Crippen molar-refractivity contribution in [1.29, 1.82) is 0 Å². The molecule has 6 rings (SSSR count). The van der Waals surface area contributed by atoms with Crippen molar-refractivity contribution in [3.63, 3.8) is 0 Å². The first-order chi connectivity index (χ1) is 21.4. The van der Waals surface area contributed by atoms with Crippen molar-refractivity contribution in [3.8, 4) is 11.8 Å². The molecule has 0 unspecified atom stereocenters. The Kier molecular flexibility index (Phi) is 8.79. The molecule has 2 aromatic carbocycles. The predicted octanol–water partition coefficient (Wildman–Crippen LogP) is 4.31. The van der Waals surface area contributed by atoms with Crippen LogP contribution >= 0.6 is 0 Å². The summed E-state index contributed by atoms with van der Waals surface area (Å²) in [5.41, 5.74) is 2.79. The summed E-state index contributed by atoms with van der Waals surface area (Å²) in [7, 11) is 0. The molecule has 1 N–H and O–H groups in total. The van der Waals surface area contributed by atoms with Crippen LogP contribution < -0.4 is 14.5 Å². The number of carbonyl (C=O) groups is 1. The van der Waals surface area contributed by atoms with E-state index in [0.29, 0.717) is 51.9 Å². The SMILES string of the molecule is [C-]#[N+]C[C@H]1CN(c2nc(O[C@@H](C)COC3CC3)nc3c2CCN(c2cc(O)cc4ccccc24)C3)CCN1C(=O)/C=C/CF. The number of hydrogen-bond acceptors (Lipinski definition) is 8. The van der Waals surface area contributed by atoms with E-state index in [9.17, 15) is 14.3 Å². The summed E-state index contributed by atoms with van der Waals surface area (Å²) in [6.45, 7) is 11.8. The molecule has 3 aromatic rings. The number of phenols is 1. The van der Waals surface area contributed by atoms with Crippen LogP contribution in [0.15, 0.2) is 48.6 Å². The minimum Gasteiger partial charge on any atom is -0.508 e. The average molecular weight is 601 g/mol. The Balaban J connectivity index is 1.31. The molecule has 3 aliphatic rings. The lowest BCUT2D eigenvalue weighted by Crippen LogP contribution is -2.56. The minimum atomic E-state index is -0.714. The van der Waals surface area contributed by atoms with Crippen LogP contribution in [0.4, 0.5) is 15.9 Å². The summed E-state index contributed by atoms with van der Waals surface area (Å²) < 4.78 is 24.8.